The number of rotatable bonds is 1. The molecule has 0 bridgehead atoms. The van der Waals surface area contributed by atoms with Gasteiger partial charge in [-0.25, -0.2) is 0 Å². The van der Waals surface area contributed by atoms with Gasteiger partial charge in [0.25, 0.3) is 0 Å². The minimum atomic E-state index is 0.139. The van der Waals surface area contributed by atoms with E-state index in [9.17, 15) is 0 Å². The second kappa shape index (κ2) is 3.13. The van der Waals surface area contributed by atoms with Gasteiger partial charge in [-0.2, -0.15) is 10.2 Å². The lowest BCUT2D eigenvalue weighted by atomic mass is 10.1. The summed E-state index contributed by atoms with van der Waals surface area (Å²) in [6.45, 7) is 4.05. The zero-order valence-electron chi connectivity index (χ0n) is 7.86. The fourth-order valence-electron chi connectivity index (χ4n) is 1.37. The zero-order chi connectivity index (χ0) is 9.26. The molecule has 1 atom stereocenters. The Hall–Kier alpha value is -1.44. The van der Waals surface area contributed by atoms with E-state index in [1.807, 2.05) is 6.92 Å². The first-order valence-corrected chi connectivity index (χ1v) is 4.41. The lowest BCUT2D eigenvalue weighted by Crippen LogP contribution is -1.87. The van der Waals surface area contributed by atoms with Crippen molar-refractivity contribution in [3.05, 3.63) is 47.2 Å². The second-order valence-electron chi connectivity index (χ2n) is 3.38. The number of benzene rings is 1. The van der Waals surface area contributed by atoms with E-state index in [2.05, 4.69) is 47.5 Å². The van der Waals surface area contributed by atoms with Crippen LogP contribution in [0.3, 0.4) is 0 Å². The van der Waals surface area contributed by atoms with Crippen LogP contribution >= 0.6 is 0 Å². The molecular formula is C11H12N2. The Morgan fingerprint density at radius 3 is 2.31 bits per heavy atom. The van der Waals surface area contributed by atoms with Crippen molar-refractivity contribution in [3.63, 3.8) is 0 Å². The molecule has 0 spiro atoms. The van der Waals surface area contributed by atoms with Crippen molar-refractivity contribution in [1.29, 1.82) is 0 Å². The maximum atomic E-state index is 4.15. The monoisotopic (exact) mass is 172 g/mol. The summed E-state index contributed by atoms with van der Waals surface area (Å²) in [6, 6.07) is 8.56. The van der Waals surface area contributed by atoms with Crippen molar-refractivity contribution in [2.45, 2.75) is 19.9 Å². The molecule has 0 fully saturated rings. The lowest BCUT2D eigenvalue weighted by molar-refractivity contribution is 0.878. The standard InChI is InChI=1S/C11H12N2/c1-8-3-5-10(6-4-8)11-7-9(2)12-13-11/h3-7,11H,1-2H3. The fourth-order valence-corrected chi connectivity index (χ4v) is 1.37. The first-order chi connectivity index (χ1) is 6.25. The van der Waals surface area contributed by atoms with E-state index in [0.29, 0.717) is 0 Å². The van der Waals surface area contributed by atoms with Crippen LogP contribution in [0, 0.1) is 6.92 Å². The van der Waals surface area contributed by atoms with Crippen LogP contribution in [0.15, 0.2) is 46.3 Å². The molecule has 66 valence electrons. The number of allylic oxidation sites excluding steroid dienone is 1. The molecule has 2 heteroatoms. The van der Waals surface area contributed by atoms with E-state index in [1.165, 1.54) is 11.1 Å². The van der Waals surface area contributed by atoms with E-state index < -0.39 is 0 Å². The van der Waals surface area contributed by atoms with Crippen molar-refractivity contribution in [2.75, 3.05) is 0 Å². The molecule has 0 amide bonds. The highest BCUT2D eigenvalue weighted by molar-refractivity contribution is 5.28. The number of azo groups is 1. The highest BCUT2D eigenvalue weighted by Gasteiger charge is 2.11. The van der Waals surface area contributed by atoms with Crippen molar-refractivity contribution < 1.29 is 0 Å². The maximum Gasteiger partial charge on any atom is 0.116 e. The molecule has 0 aromatic heterocycles. The molecule has 0 saturated heterocycles. The average Bonchev–Trinajstić information content (AvgIpc) is 2.53. The van der Waals surface area contributed by atoms with Gasteiger partial charge in [0.1, 0.15) is 6.04 Å². The van der Waals surface area contributed by atoms with Crippen molar-refractivity contribution in [3.8, 4) is 0 Å². The van der Waals surface area contributed by atoms with Crippen LogP contribution in [0.25, 0.3) is 0 Å². The summed E-state index contributed by atoms with van der Waals surface area (Å²) in [6.07, 6.45) is 2.07. The Morgan fingerprint density at radius 1 is 1.08 bits per heavy atom. The quantitative estimate of drug-likeness (QED) is 0.620. The third-order valence-electron chi connectivity index (χ3n) is 2.16. The zero-order valence-corrected chi connectivity index (χ0v) is 7.86. The van der Waals surface area contributed by atoms with Crippen LogP contribution in [0.4, 0.5) is 0 Å². The molecule has 0 saturated carbocycles. The van der Waals surface area contributed by atoms with Crippen molar-refractivity contribution in [1.82, 2.24) is 0 Å². The molecular weight excluding hydrogens is 160 g/mol. The summed E-state index contributed by atoms with van der Waals surface area (Å²) in [7, 11) is 0. The van der Waals surface area contributed by atoms with E-state index in [1.54, 1.807) is 0 Å². The number of hydrogen-bond acceptors (Lipinski definition) is 2. The van der Waals surface area contributed by atoms with Gasteiger partial charge in [0, 0.05) is 0 Å². The Bertz CT molecular complexity index is 360. The van der Waals surface area contributed by atoms with Gasteiger partial charge in [0.2, 0.25) is 0 Å². The predicted molar refractivity (Wildman–Crippen MR) is 52.5 cm³/mol. The summed E-state index contributed by atoms with van der Waals surface area (Å²) in [5, 5.41) is 8.15. The second-order valence-corrected chi connectivity index (χ2v) is 3.38. The summed E-state index contributed by atoms with van der Waals surface area (Å²) in [5.74, 6) is 0. The first kappa shape index (κ1) is 8.17. The Balaban J connectivity index is 2.28. The van der Waals surface area contributed by atoms with Crippen LogP contribution in [0.2, 0.25) is 0 Å². The number of aryl methyl sites for hydroxylation is 1. The minimum absolute atomic E-state index is 0.139. The van der Waals surface area contributed by atoms with Gasteiger partial charge < -0.3 is 0 Å². The van der Waals surface area contributed by atoms with E-state index >= 15 is 0 Å². The average molecular weight is 172 g/mol. The SMILES string of the molecule is CC1=CC(c2ccc(C)cc2)N=N1. The van der Waals surface area contributed by atoms with E-state index in [0.717, 1.165) is 5.70 Å². The highest BCUT2D eigenvalue weighted by atomic mass is 15.1. The molecule has 1 heterocycles. The van der Waals surface area contributed by atoms with Crippen LogP contribution in [-0.2, 0) is 0 Å². The number of hydrogen-bond donors (Lipinski definition) is 0. The molecule has 2 nitrogen and oxygen atoms in total. The Labute approximate surface area is 78.0 Å². The van der Waals surface area contributed by atoms with Gasteiger partial charge in [-0.05, 0) is 25.5 Å². The molecule has 1 aromatic rings. The molecule has 1 aliphatic heterocycles. The van der Waals surface area contributed by atoms with Gasteiger partial charge in [-0.3, -0.25) is 0 Å². The smallest absolute Gasteiger partial charge is 0.116 e. The fraction of sp³-hybridized carbons (Fsp3) is 0.273. The summed E-state index contributed by atoms with van der Waals surface area (Å²) in [5.41, 5.74) is 3.50. The molecule has 0 N–H and O–H groups in total. The van der Waals surface area contributed by atoms with Crippen LogP contribution < -0.4 is 0 Å². The minimum Gasteiger partial charge on any atom is -0.176 e. The Kier molecular flexibility index (Phi) is 1.97. The largest absolute Gasteiger partial charge is 0.176 e. The maximum absolute atomic E-state index is 4.15. The van der Waals surface area contributed by atoms with Crippen LogP contribution in [-0.4, -0.2) is 0 Å². The van der Waals surface area contributed by atoms with Crippen LogP contribution in [0.1, 0.15) is 24.1 Å². The summed E-state index contributed by atoms with van der Waals surface area (Å²) >= 11 is 0. The van der Waals surface area contributed by atoms with Gasteiger partial charge in [-0.15, -0.1) is 0 Å². The highest BCUT2D eigenvalue weighted by Crippen LogP contribution is 2.26. The van der Waals surface area contributed by atoms with Crippen molar-refractivity contribution in [2.24, 2.45) is 10.2 Å². The molecule has 0 radical (unpaired) electrons. The van der Waals surface area contributed by atoms with Gasteiger partial charge in [-0.1, -0.05) is 29.8 Å². The molecule has 1 aromatic carbocycles. The van der Waals surface area contributed by atoms with Gasteiger partial charge in [0.15, 0.2) is 0 Å². The molecule has 2 rings (SSSR count). The first-order valence-electron chi connectivity index (χ1n) is 4.41. The molecule has 0 aliphatic carbocycles. The number of nitrogens with zero attached hydrogens (tertiary/aromatic N) is 2. The van der Waals surface area contributed by atoms with Crippen molar-refractivity contribution >= 4 is 0 Å². The summed E-state index contributed by atoms with van der Waals surface area (Å²) < 4.78 is 0. The molecule has 1 unspecified atom stereocenters. The third kappa shape index (κ3) is 1.66. The third-order valence-corrected chi connectivity index (χ3v) is 2.16. The topological polar surface area (TPSA) is 24.7 Å². The normalized spacial score (nSPS) is 20.5. The van der Waals surface area contributed by atoms with E-state index in [-0.39, 0.29) is 6.04 Å². The van der Waals surface area contributed by atoms with Gasteiger partial charge >= 0.3 is 0 Å². The Morgan fingerprint density at radius 2 is 1.77 bits per heavy atom. The van der Waals surface area contributed by atoms with Gasteiger partial charge in [0.05, 0.1) is 5.70 Å². The van der Waals surface area contributed by atoms with E-state index in [4.69, 9.17) is 0 Å². The summed E-state index contributed by atoms with van der Waals surface area (Å²) in [4.78, 5) is 0. The molecule has 13 heavy (non-hydrogen) atoms. The molecule has 1 aliphatic rings. The lowest BCUT2D eigenvalue weighted by Gasteiger charge is -2.02. The van der Waals surface area contributed by atoms with Crippen LogP contribution in [0.5, 0.6) is 0 Å². The predicted octanol–water partition coefficient (Wildman–Crippen LogP) is 3.41.